The van der Waals surface area contributed by atoms with Gasteiger partial charge in [-0.25, -0.2) is 18.2 Å². The van der Waals surface area contributed by atoms with Crippen LogP contribution in [0.3, 0.4) is 0 Å². The molecule has 0 fully saturated rings. The van der Waals surface area contributed by atoms with Crippen molar-refractivity contribution in [1.29, 1.82) is 0 Å². The van der Waals surface area contributed by atoms with Gasteiger partial charge in [0.25, 0.3) is 21.6 Å². The third-order valence-electron chi connectivity index (χ3n) is 4.47. The van der Waals surface area contributed by atoms with Crippen LogP contribution in [0.2, 0.25) is 0 Å². The molecule has 170 valence electrons. The summed E-state index contributed by atoms with van der Waals surface area (Å²) in [6.45, 7) is 1.44. The number of nitro groups is 1. The minimum absolute atomic E-state index is 0.100. The lowest BCUT2D eigenvalue weighted by atomic mass is 10.1. The molecular formula is C20H13Br2N3O7S. The number of amides is 1. The topological polar surface area (TPSA) is 148 Å². The van der Waals surface area contributed by atoms with Crippen molar-refractivity contribution in [2.24, 2.45) is 0 Å². The number of carbonyl (C=O) groups is 2. The Labute approximate surface area is 204 Å². The fourth-order valence-corrected chi connectivity index (χ4v) is 5.58. The SMILES string of the molecule is Cc1ccc(S(=O)(=O)N(C(=O)c2ccccc2C(=O)O)c2ncc(Br)cc2Br)cc1[N+](=O)[O-]. The van der Waals surface area contributed by atoms with Gasteiger partial charge in [0.15, 0.2) is 5.82 Å². The number of aromatic nitrogens is 1. The molecule has 2 aromatic carbocycles. The van der Waals surface area contributed by atoms with Gasteiger partial charge < -0.3 is 5.11 Å². The van der Waals surface area contributed by atoms with Gasteiger partial charge in [0, 0.05) is 22.3 Å². The molecule has 0 saturated carbocycles. The van der Waals surface area contributed by atoms with Gasteiger partial charge in [-0.15, -0.1) is 0 Å². The molecule has 0 aliphatic carbocycles. The lowest BCUT2D eigenvalue weighted by Gasteiger charge is -2.23. The third-order valence-corrected chi connectivity index (χ3v) is 7.15. The maximum atomic E-state index is 13.6. The predicted octanol–water partition coefficient (Wildman–Crippen LogP) is 4.56. The summed E-state index contributed by atoms with van der Waals surface area (Å²) in [4.78, 5) is 39.2. The summed E-state index contributed by atoms with van der Waals surface area (Å²) >= 11 is 6.36. The van der Waals surface area contributed by atoms with E-state index in [0.29, 0.717) is 8.78 Å². The van der Waals surface area contributed by atoms with Gasteiger partial charge >= 0.3 is 5.97 Å². The standard InChI is InChI=1S/C20H13Br2N3O7S/c1-11-6-7-13(9-17(11)25(29)30)33(31,32)24(18-16(22)8-12(21)10-23-18)19(26)14-4-2-3-5-15(14)20(27)28/h2-10H,1H3,(H,27,28). The quantitative estimate of drug-likeness (QED) is 0.321. The first-order valence-corrected chi connectivity index (χ1v) is 12.0. The van der Waals surface area contributed by atoms with Crippen LogP contribution in [0.25, 0.3) is 0 Å². The maximum absolute atomic E-state index is 13.6. The zero-order valence-corrected chi connectivity index (χ0v) is 20.6. The van der Waals surface area contributed by atoms with Crippen molar-refractivity contribution in [1.82, 2.24) is 4.98 Å². The molecule has 3 aromatic rings. The Morgan fingerprint density at radius 3 is 2.30 bits per heavy atom. The first-order valence-electron chi connectivity index (χ1n) is 8.93. The van der Waals surface area contributed by atoms with Crippen molar-refractivity contribution in [3.05, 3.63) is 90.5 Å². The van der Waals surface area contributed by atoms with E-state index >= 15 is 0 Å². The molecule has 0 unspecified atom stereocenters. The highest BCUT2D eigenvalue weighted by Crippen LogP contribution is 2.34. The molecule has 3 rings (SSSR count). The second-order valence-electron chi connectivity index (χ2n) is 6.59. The highest BCUT2D eigenvalue weighted by Gasteiger charge is 2.37. The van der Waals surface area contributed by atoms with E-state index in [2.05, 4.69) is 36.8 Å². The Morgan fingerprint density at radius 1 is 1.09 bits per heavy atom. The van der Waals surface area contributed by atoms with E-state index in [9.17, 15) is 33.2 Å². The molecule has 1 heterocycles. The van der Waals surface area contributed by atoms with E-state index in [0.717, 1.165) is 18.2 Å². The summed E-state index contributed by atoms with van der Waals surface area (Å²) in [5, 5.41) is 20.8. The summed E-state index contributed by atoms with van der Waals surface area (Å²) in [6.07, 6.45) is 1.25. The first-order chi connectivity index (χ1) is 15.4. The highest BCUT2D eigenvalue weighted by molar-refractivity contribution is 9.11. The number of hydrogen-bond acceptors (Lipinski definition) is 7. The number of carboxylic acids is 1. The zero-order valence-electron chi connectivity index (χ0n) is 16.6. The van der Waals surface area contributed by atoms with Gasteiger partial charge in [0.05, 0.1) is 25.4 Å². The van der Waals surface area contributed by atoms with Crippen molar-refractivity contribution in [2.75, 3.05) is 4.31 Å². The number of sulfonamides is 1. The van der Waals surface area contributed by atoms with E-state index in [4.69, 9.17) is 0 Å². The molecule has 0 spiro atoms. The molecule has 0 bridgehead atoms. The number of nitro benzene ring substituents is 1. The second kappa shape index (κ2) is 9.37. The minimum Gasteiger partial charge on any atom is -0.478 e. The Balaban J connectivity index is 2.31. The normalized spacial score (nSPS) is 11.1. The van der Waals surface area contributed by atoms with Crippen LogP contribution < -0.4 is 4.31 Å². The van der Waals surface area contributed by atoms with Crippen molar-refractivity contribution in [3.63, 3.8) is 0 Å². The number of rotatable bonds is 6. The van der Waals surface area contributed by atoms with Crippen molar-refractivity contribution >= 4 is 65.3 Å². The number of benzene rings is 2. The number of hydrogen-bond donors (Lipinski definition) is 1. The van der Waals surface area contributed by atoms with E-state index < -0.39 is 48.5 Å². The summed E-state index contributed by atoms with van der Waals surface area (Å²) < 4.78 is 28.1. The summed E-state index contributed by atoms with van der Waals surface area (Å²) in [5.74, 6) is -3.00. The molecule has 0 saturated heterocycles. The van der Waals surface area contributed by atoms with Gasteiger partial charge in [0.1, 0.15) is 0 Å². The van der Waals surface area contributed by atoms with E-state index in [-0.39, 0.29) is 15.9 Å². The summed E-state index contributed by atoms with van der Waals surface area (Å²) in [7, 11) is -4.77. The van der Waals surface area contributed by atoms with Crippen LogP contribution in [-0.2, 0) is 10.0 Å². The van der Waals surface area contributed by atoms with Crippen molar-refractivity contribution in [2.45, 2.75) is 11.8 Å². The maximum Gasteiger partial charge on any atom is 0.336 e. The number of anilines is 1. The number of aromatic carboxylic acids is 1. The van der Waals surface area contributed by atoms with Crippen LogP contribution >= 0.6 is 31.9 Å². The predicted molar refractivity (Wildman–Crippen MR) is 125 cm³/mol. The fourth-order valence-electron chi connectivity index (χ4n) is 2.89. The van der Waals surface area contributed by atoms with E-state index in [1.54, 1.807) is 0 Å². The molecule has 1 N–H and O–H groups in total. The number of nitrogens with zero attached hydrogens (tertiary/aromatic N) is 3. The minimum atomic E-state index is -4.77. The number of carbonyl (C=O) groups excluding carboxylic acids is 1. The Kier molecular flexibility index (Phi) is 6.95. The molecule has 13 heteroatoms. The van der Waals surface area contributed by atoms with Gasteiger partial charge in [-0.3, -0.25) is 14.9 Å². The number of halogens is 2. The lowest BCUT2D eigenvalue weighted by Crippen LogP contribution is -2.38. The molecule has 10 nitrogen and oxygen atoms in total. The molecule has 1 amide bonds. The molecule has 1 aromatic heterocycles. The van der Waals surface area contributed by atoms with Crippen LogP contribution in [0.5, 0.6) is 0 Å². The Morgan fingerprint density at radius 2 is 1.73 bits per heavy atom. The summed E-state index contributed by atoms with van der Waals surface area (Å²) in [6, 6.07) is 9.72. The van der Waals surface area contributed by atoms with Crippen LogP contribution in [0.15, 0.2) is 68.6 Å². The average molecular weight is 599 g/mol. The summed E-state index contributed by atoms with van der Waals surface area (Å²) in [5.41, 5.74) is -1.08. The van der Waals surface area contributed by atoms with Crippen LogP contribution in [0, 0.1) is 17.0 Å². The molecule has 0 radical (unpaired) electrons. The molecule has 0 atom stereocenters. The molecule has 33 heavy (non-hydrogen) atoms. The zero-order chi connectivity index (χ0) is 24.5. The average Bonchev–Trinajstić information content (AvgIpc) is 2.75. The van der Waals surface area contributed by atoms with Crippen molar-refractivity contribution in [3.8, 4) is 0 Å². The van der Waals surface area contributed by atoms with Gasteiger partial charge in [0.2, 0.25) is 0 Å². The van der Waals surface area contributed by atoms with Gasteiger partial charge in [-0.1, -0.05) is 18.2 Å². The highest BCUT2D eigenvalue weighted by atomic mass is 79.9. The van der Waals surface area contributed by atoms with Gasteiger partial charge in [-0.2, -0.15) is 4.31 Å². The number of aryl methyl sites for hydroxylation is 1. The Bertz CT molecular complexity index is 1410. The fraction of sp³-hybridized carbons (Fsp3) is 0.0500. The van der Waals surface area contributed by atoms with Crippen LogP contribution in [-0.4, -0.2) is 35.3 Å². The van der Waals surface area contributed by atoms with E-state index in [1.807, 2.05) is 0 Å². The first kappa shape index (κ1) is 24.5. The molecule has 0 aliphatic heterocycles. The Hall–Kier alpha value is -3.16. The van der Waals surface area contributed by atoms with Gasteiger partial charge in [-0.05, 0) is 63.0 Å². The number of carboxylic acid groups (broad SMARTS) is 1. The van der Waals surface area contributed by atoms with Crippen LogP contribution in [0.1, 0.15) is 26.3 Å². The third kappa shape index (κ3) is 4.79. The van der Waals surface area contributed by atoms with Crippen molar-refractivity contribution < 1.29 is 28.0 Å². The van der Waals surface area contributed by atoms with E-state index in [1.165, 1.54) is 43.5 Å². The lowest BCUT2D eigenvalue weighted by molar-refractivity contribution is -0.385. The largest absolute Gasteiger partial charge is 0.478 e. The monoisotopic (exact) mass is 597 g/mol. The second-order valence-corrected chi connectivity index (χ2v) is 10.1. The smallest absolute Gasteiger partial charge is 0.336 e. The van der Waals surface area contributed by atoms with Crippen LogP contribution in [0.4, 0.5) is 11.5 Å². The number of pyridine rings is 1. The molecular weight excluding hydrogens is 586 g/mol. The molecule has 0 aliphatic rings.